The molecule has 17 nitrogen and oxygen atoms in total. The molecule has 570 valence electrons. The molecular formula is C77H150O17P2. The fourth-order valence-electron chi connectivity index (χ4n) is 11.7. The molecule has 0 radical (unpaired) electrons. The predicted octanol–water partition coefficient (Wildman–Crippen LogP) is 22.4. The van der Waals surface area contributed by atoms with Crippen LogP contribution in [0.25, 0.3) is 0 Å². The summed E-state index contributed by atoms with van der Waals surface area (Å²) in [6.07, 6.45) is 51.2. The standard InChI is InChI=1S/C77H150O17P2/c1-9-70(8)56-48-40-32-23-19-20-24-33-41-49-57-74(79)87-63-72(93-76(81)59-51-43-35-25-17-13-11-10-12-15-21-29-37-45-53-67(2)3)65-91-95(83,84)89-61-71(78)62-90-96(85,86)92-66-73(64-88-75(80)58-50-42-34-28-27-31-39-47-55-69(6)7)94-77(82)60-52-44-36-26-18-14-16-22-30-38-46-54-68(4)5/h67-73,78H,9-66H2,1-8H3,(H,83,84)(H,85,86)/t70?,71?,72-,73-/m1/s1. The SMILES string of the molecule is CCC(C)CCCCCCCCCCCCC(=O)OC[C@H](COP(=O)(O)OCC(O)COP(=O)(O)OC[C@@H](COC(=O)CCCCCCCCCCC(C)C)OC(=O)CCCCCCCCCCCCCC(C)C)OC(=O)CCCCCCCCCCCCCCCCC(C)C. The number of unbranched alkanes of at least 4 members (excludes halogenated alkanes) is 39. The van der Waals surface area contributed by atoms with Gasteiger partial charge in [0.1, 0.15) is 19.3 Å². The van der Waals surface area contributed by atoms with E-state index in [1.807, 2.05) is 0 Å². The topological polar surface area (TPSA) is 237 Å². The van der Waals surface area contributed by atoms with E-state index in [1.54, 1.807) is 0 Å². The molecule has 4 unspecified atom stereocenters. The Kier molecular flexibility index (Phi) is 65.0. The zero-order valence-electron chi connectivity index (χ0n) is 63.0. The third-order valence-corrected chi connectivity index (χ3v) is 20.1. The number of phosphoric acid groups is 2. The lowest BCUT2D eigenvalue weighted by atomic mass is 9.99. The van der Waals surface area contributed by atoms with E-state index in [4.69, 9.17) is 37.0 Å². The molecule has 0 fully saturated rings. The van der Waals surface area contributed by atoms with Crippen molar-refractivity contribution in [1.29, 1.82) is 0 Å². The Hall–Kier alpha value is -1.94. The maximum atomic E-state index is 13.1. The van der Waals surface area contributed by atoms with Gasteiger partial charge in [0.15, 0.2) is 12.2 Å². The van der Waals surface area contributed by atoms with Crippen molar-refractivity contribution in [1.82, 2.24) is 0 Å². The van der Waals surface area contributed by atoms with E-state index in [9.17, 15) is 43.2 Å². The van der Waals surface area contributed by atoms with Crippen LogP contribution in [0.2, 0.25) is 0 Å². The number of phosphoric ester groups is 2. The average Bonchev–Trinajstić information content (AvgIpc) is 1.14. The van der Waals surface area contributed by atoms with Crippen molar-refractivity contribution in [3.05, 3.63) is 0 Å². The van der Waals surface area contributed by atoms with Gasteiger partial charge < -0.3 is 33.8 Å². The second kappa shape index (κ2) is 66.3. The molecule has 0 saturated heterocycles. The largest absolute Gasteiger partial charge is 0.472 e. The van der Waals surface area contributed by atoms with Crippen LogP contribution in [0.3, 0.4) is 0 Å². The van der Waals surface area contributed by atoms with E-state index >= 15 is 0 Å². The highest BCUT2D eigenvalue weighted by Crippen LogP contribution is 2.45. The third-order valence-electron chi connectivity index (χ3n) is 18.2. The van der Waals surface area contributed by atoms with Crippen molar-refractivity contribution < 1.29 is 80.2 Å². The Morgan fingerprint density at radius 2 is 0.500 bits per heavy atom. The molecular weight excluding hydrogens is 1260 g/mol. The number of hydrogen-bond donors (Lipinski definition) is 3. The van der Waals surface area contributed by atoms with Crippen LogP contribution in [0.15, 0.2) is 0 Å². The van der Waals surface area contributed by atoms with E-state index in [0.717, 1.165) is 114 Å². The summed E-state index contributed by atoms with van der Waals surface area (Å²) in [7, 11) is -9.92. The number of carbonyl (C=O) groups is 4. The first-order valence-corrected chi connectivity index (χ1v) is 42.7. The molecule has 0 bridgehead atoms. The zero-order valence-corrected chi connectivity index (χ0v) is 64.8. The number of rotatable bonds is 74. The van der Waals surface area contributed by atoms with E-state index in [1.165, 1.54) is 193 Å². The second-order valence-electron chi connectivity index (χ2n) is 29.4. The van der Waals surface area contributed by atoms with Gasteiger partial charge >= 0.3 is 39.5 Å². The molecule has 0 aromatic rings. The second-order valence-corrected chi connectivity index (χ2v) is 32.3. The molecule has 0 heterocycles. The summed E-state index contributed by atoms with van der Waals surface area (Å²) in [6.45, 7) is 14.2. The van der Waals surface area contributed by atoms with Gasteiger partial charge in [0, 0.05) is 25.7 Å². The summed E-state index contributed by atoms with van der Waals surface area (Å²) < 4.78 is 68.6. The Morgan fingerprint density at radius 1 is 0.292 bits per heavy atom. The van der Waals surface area contributed by atoms with Crippen LogP contribution < -0.4 is 0 Å². The van der Waals surface area contributed by atoms with Crippen LogP contribution in [0.5, 0.6) is 0 Å². The van der Waals surface area contributed by atoms with E-state index in [0.29, 0.717) is 25.7 Å². The predicted molar refractivity (Wildman–Crippen MR) is 391 cm³/mol. The smallest absolute Gasteiger partial charge is 0.462 e. The lowest BCUT2D eigenvalue weighted by molar-refractivity contribution is -0.161. The van der Waals surface area contributed by atoms with Gasteiger partial charge in [-0.15, -0.1) is 0 Å². The maximum absolute atomic E-state index is 13.1. The molecule has 0 aliphatic heterocycles. The molecule has 0 amide bonds. The van der Waals surface area contributed by atoms with Crippen molar-refractivity contribution in [2.75, 3.05) is 39.6 Å². The molecule has 96 heavy (non-hydrogen) atoms. The summed E-state index contributed by atoms with van der Waals surface area (Å²) in [6, 6.07) is 0. The lowest BCUT2D eigenvalue weighted by Gasteiger charge is -2.21. The highest BCUT2D eigenvalue weighted by atomic mass is 31.2. The summed E-state index contributed by atoms with van der Waals surface area (Å²) in [4.78, 5) is 72.9. The number of carbonyl (C=O) groups excluding carboxylic acids is 4. The summed E-state index contributed by atoms with van der Waals surface area (Å²) in [5.74, 6) is 0.977. The average molecular weight is 1410 g/mol. The Balaban J connectivity index is 5.27. The highest BCUT2D eigenvalue weighted by Gasteiger charge is 2.30. The number of esters is 4. The fraction of sp³-hybridized carbons (Fsp3) is 0.948. The Morgan fingerprint density at radius 3 is 0.740 bits per heavy atom. The van der Waals surface area contributed by atoms with E-state index in [-0.39, 0.29) is 25.7 Å². The van der Waals surface area contributed by atoms with Crippen LogP contribution in [0, 0.1) is 23.7 Å². The van der Waals surface area contributed by atoms with Crippen LogP contribution >= 0.6 is 15.6 Å². The number of aliphatic hydroxyl groups excluding tert-OH is 1. The van der Waals surface area contributed by atoms with Gasteiger partial charge in [-0.05, 0) is 49.4 Å². The Bertz CT molecular complexity index is 1890. The molecule has 6 atom stereocenters. The van der Waals surface area contributed by atoms with Gasteiger partial charge in [-0.25, -0.2) is 9.13 Å². The minimum Gasteiger partial charge on any atom is -0.462 e. The summed E-state index contributed by atoms with van der Waals surface area (Å²) in [5, 5.41) is 10.6. The fourth-order valence-corrected chi connectivity index (χ4v) is 13.3. The van der Waals surface area contributed by atoms with Gasteiger partial charge in [0.25, 0.3) is 0 Å². The molecule has 0 saturated carbocycles. The zero-order chi connectivity index (χ0) is 71.0. The lowest BCUT2D eigenvalue weighted by Crippen LogP contribution is -2.30. The molecule has 3 N–H and O–H groups in total. The van der Waals surface area contributed by atoms with Crippen LogP contribution in [-0.2, 0) is 65.4 Å². The molecule has 0 spiro atoms. The van der Waals surface area contributed by atoms with Crippen molar-refractivity contribution in [2.45, 2.75) is 408 Å². The first-order chi connectivity index (χ1) is 46.1. The summed E-state index contributed by atoms with van der Waals surface area (Å²) in [5.41, 5.74) is 0. The third kappa shape index (κ3) is 69.2. The van der Waals surface area contributed by atoms with Crippen molar-refractivity contribution in [2.24, 2.45) is 23.7 Å². The van der Waals surface area contributed by atoms with Crippen LogP contribution in [-0.4, -0.2) is 96.7 Å². The minimum absolute atomic E-state index is 0.105. The molecule has 0 aromatic heterocycles. The van der Waals surface area contributed by atoms with Gasteiger partial charge in [-0.3, -0.25) is 37.3 Å². The van der Waals surface area contributed by atoms with E-state index in [2.05, 4.69) is 55.4 Å². The molecule has 0 aliphatic rings. The summed E-state index contributed by atoms with van der Waals surface area (Å²) >= 11 is 0. The van der Waals surface area contributed by atoms with Crippen molar-refractivity contribution in [3.63, 3.8) is 0 Å². The van der Waals surface area contributed by atoms with Crippen molar-refractivity contribution in [3.8, 4) is 0 Å². The number of hydrogen-bond acceptors (Lipinski definition) is 15. The van der Waals surface area contributed by atoms with Gasteiger partial charge in [-0.2, -0.15) is 0 Å². The maximum Gasteiger partial charge on any atom is 0.472 e. The van der Waals surface area contributed by atoms with E-state index < -0.39 is 97.5 Å². The monoisotopic (exact) mass is 1410 g/mol. The van der Waals surface area contributed by atoms with Crippen molar-refractivity contribution >= 4 is 39.5 Å². The van der Waals surface area contributed by atoms with Crippen LogP contribution in [0.1, 0.15) is 389 Å². The quantitative estimate of drug-likeness (QED) is 0.0222. The molecule has 0 aliphatic carbocycles. The van der Waals surface area contributed by atoms with Crippen LogP contribution in [0.4, 0.5) is 0 Å². The van der Waals surface area contributed by atoms with Gasteiger partial charge in [0.2, 0.25) is 0 Å². The number of ether oxygens (including phenoxy) is 4. The molecule has 19 heteroatoms. The molecule has 0 aromatic carbocycles. The molecule has 0 rings (SSSR count). The van der Waals surface area contributed by atoms with Gasteiger partial charge in [0.05, 0.1) is 26.4 Å². The van der Waals surface area contributed by atoms with Gasteiger partial charge in [-0.1, -0.05) is 338 Å². The highest BCUT2D eigenvalue weighted by molar-refractivity contribution is 7.47. The normalized spacial score (nSPS) is 14.4. The minimum atomic E-state index is -4.96. The first-order valence-electron chi connectivity index (χ1n) is 39.7. The Labute approximate surface area is 588 Å². The number of aliphatic hydroxyl groups is 1. The first kappa shape index (κ1) is 94.1.